The van der Waals surface area contributed by atoms with E-state index in [2.05, 4.69) is 0 Å². The van der Waals surface area contributed by atoms with E-state index in [1.165, 1.54) is 23.3 Å². The van der Waals surface area contributed by atoms with Crippen molar-refractivity contribution in [2.75, 3.05) is 25.7 Å². The number of hydrogen-bond donors (Lipinski definition) is 1. The molecule has 0 spiro atoms. The van der Waals surface area contributed by atoms with Crippen LogP contribution in [0.25, 0.3) is 16.0 Å². The van der Waals surface area contributed by atoms with Gasteiger partial charge in [0.2, 0.25) is 0 Å². The number of fused-ring (bicyclic) bond motifs is 1. The molecule has 2 heterocycles. The average molecular weight is 623 g/mol. The van der Waals surface area contributed by atoms with Crippen LogP contribution in [-0.2, 0) is 16.2 Å². The number of ether oxygens (including phenoxy) is 4. The van der Waals surface area contributed by atoms with Gasteiger partial charge in [0.05, 0.1) is 42.7 Å². The Morgan fingerprint density at radius 3 is 2.31 bits per heavy atom. The van der Waals surface area contributed by atoms with Crippen LogP contribution in [0.5, 0.6) is 23.0 Å². The highest BCUT2D eigenvalue weighted by molar-refractivity contribution is 7.22. The van der Waals surface area contributed by atoms with E-state index in [1.807, 2.05) is 43.3 Å². The Bertz CT molecular complexity index is 1900. The Morgan fingerprint density at radius 1 is 0.867 bits per heavy atom. The van der Waals surface area contributed by atoms with Crippen LogP contribution in [0.4, 0.5) is 5.13 Å². The topological polar surface area (TPSA) is 107 Å². The first-order valence-corrected chi connectivity index (χ1v) is 15.1. The fraction of sp³-hybridized carbons (Fsp3) is 0.171. The number of ketones is 1. The van der Waals surface area contributed by atoms with Gasteiger partial charge in [0.15, 0.2) is 16.6 Å². The summed E-state index contributed by atoms with van der Waals surface area (Å²) in [6.45, 7) is 2.54. The minimum atomic E-state index is -1.00. The molecule has 1 unspecified atom stereocenters. The van der Waals surface area contributed by atoms with Crippen LogP contribution in [0.3, 0.4) is 0 Å². The summed E-state index contributed by atoms with van der Waals surface area (Å²) in [5.74, 6) is 0.229. The van der Waals surface area contributed by atoms with Crippen molar-refractivity contribution in [3.8, 4) is 23.0 Å². The number of aliphatic hydroxyl groups excluding tert-OH is 1. The highest BCUT2D eigenvalue weighted by Gasteiger charge is 2.48. The molecule has 6 rings (SSSR count). The molecule has 10 heteroatoms. The van der Waals surface area contributed by atoms with E-state index in [0.717, 1.165) is 10.3 Å². The molecule has 1 aliphatic heterocycles. The van der Waals surface area contributed by atoms with Gasteiger partial charge in [-0.3, -0.25) is 14.5 Å². The van der Waals surface area contributed by atoms with Gasteiger partial charge in [-0.15, -0.1) is 0 Å². The second-order valence-corrected chi connectivity index (χ2v) is 11.2. The van der Waals surface area contributed by atoms with Crippen molar-refractivity contribution in [3.63, 3.8) is 0 Å². The lowest BCUT2D eigenvalue weighted by atomic mass is 9.95. The fourth-order valence-corrected chi connectivity index (χ4v) is 6.21. The Morgan fingerprint density at radius 2 is 1.60 bits per heavy atom. The van der Waals surface area contributed by atoms with Gasteiger partial charge >= 0.3 is 5.91 Å². The molecule has 1 atom stereocenters. The smallest absolute Gasteiger partial charge is 0.301 e. The largest absolute Gasteiger partial charge is 0.507 e. The van der Waals surface area contributed by atoms with Crippen molar-refractivity contribution in [3.05, 3.63) is 113 Å². The predicted molar refractivity (Wildman–Crippen MR) is 172 cm³/mol. The van der Waals surface area contributed by atoms with Crippen molar-refractivity contribution in [2.24, 2.45) is 0 Å². The molecule has 9 nitrogen and oxygen atoms in total. The molecule has 1 saturated heterocycles. The number of nitrogens with zero attached hydrogens (tertiary/aromatic N) is 2. The molecule has 1 amide bonds. The van der Waals surface area contributed by atoms with Gasteiger partial charge in [-0.1, -0.05) is 47.7 Å². The number of hydrogen-bond acceptors (Lipinski definition) is 9. The average Bonchev–Trinajstić information content (AvgIpc) is 3.61. The summed E-state index contributed by atoms with van der Waals surface area (Å²) < 4.78 is 23.5. The van der Waals surface area contributed by atoms with E-state index >= 15 is 0 Å². The molecule has 0 bridgehead atoms. The van der Waals surface area contributed by atoms with E-state index in [9.17, 15) is 14.7 Å². The minimum Gasteiger partial charge on any atom is -0.507 e. The lowest BCUT2D eigenvalue weighted by molar-refractivity contribution is -0.132. The van der Waals surface area contributed by atoms with E-state index in [0.29, 0.717) is 58.0 Å². The number of carbonyl (C=O) groups is 2. The van der Waals surface area contributed by atoms with Crippen LogP contribution in [0.2, 0.25) is 0 Å². The maximum Gasteiger partial charge on any atom is 0.301 e. The number of anilines is 1. The first-order chi connectivity index (χ1) is 21.9. The Balaban J connectivity index is 1.48. The van der Waals surface area contributed by atoms with Gasteiger partial charge in [0.1, 0.15) is 23.9 Å². The van der Waals surface area contributed by atoms with Crippen molar-refractivity contribution in [1.82, 2.24) is 4.98 Å². The molecular formula is C35H30N2O7S. The molecule has 0 saturated carbocycles. The summed E-state index contributed by atoms with van der Waals surface area (Å²) >= 11 is 1.25. The third kappa shape index (κ3) is 5.80. The van der Waals surface area contributed by atoms with Crippen molar-refractivity contribution in [1.29, 1.82) is 0 Å². The van der Waals surface area contributed by atoms with Gasteiger partial charge in [-0.25, -0.2) is 4.98 Å². The number of aliphatic hydroxyl groups is 1. The molecule has 228 valence electrons. The number of aromatic nitrogens is 1. The number of methoxy groups -OCH3 is 2. The number of benzene rings is 4. The van der Waals surface area contributed by atoms with Gasteiger partial charge in [-0.05, 0) is 72.6 Å². The Kier molecular flexibility index (Phi) is 8.39. The second-order valence-electron chi connectivity index (χ2n) is 10.1. The van der Waals surface area contributed by atoms with Gasteiger partial charge in [-0.2, -0.15) is 0 Å². The lowest BCUT2D eigenvalue weighted by Crippen LogP contribution is -2.29. The standard InChI is InChI=1S/C35H30N2O7S/c1-4-43-28-18-23(12-17-27(28)44-20-21-8-6-5-7-9-21)31-30(32(38)22-10-13-24(41-2)14-11-22)33(39)34(40)37(31)35-36-26-16-15-25(42-3)19-29(26)45-35/h5-19,31,38H,4,20H2,1-3H3. The minimum absolute atomic E-state index is 0.0672. The quantitative estimate of drug-likeness (QED) is 0.102. The van der Waals surface area contributed by atoms with Crippen LogP contribution >= 0.6 is 11.3 Å². The van der Waals surface area contributed by atoms with E-state index in [-0.39, 0.29) is 11.3 Å². The molecule has 1 aromatic heterocycles. The number of Topliss-reactive ketones (excluding diaryl/α,β-unsaturated/α-hetero) is 1. The highest BCUT2D eigenvalue weighted by Crippen LogP contribution is 2.46. The number of amides is 1. The molecule has 0 aliphatic carbocycles. The van der Waals surface area contributed by atoms with Gasteiger partial charge < -0.3 is 24.1 Å². The summed E-state index contributed by atoms with van der Waals surface area (Å²) in [4.78, 5) is 33.5. The van der Waals surface area contributed by atoms with Crippen LogP contribution in [0.15, 0.2) is 96.6 Å². The molecular weight excluding hydrogens is 592 g/mol. The van der Waals surface area contributed by atoms with Crippen LogP contribution in [0, 0.1) is 0 Å². The molecule has 0 radical (unpaired) electrons. The van der Waals surface area contributed by atoms with Crippen LogP contribution in [0.1, 0.15) is 29.7 Å². The monoisotopic (exact) mass is 622 g/mol. The predicted octanol–water partition coefficient (Wildman–Crippen LogP) is 6.92. The molecule has 1 fully saturated rings. The third-order valence-electron chi connectivity index (χ3n) is 7.42. The number of thiazole rings is 1. The zero-order chi connectivity index (χ0) is 31.5. The summed E-state index contributed by atoms with van der Waals surface area (Å²) in [6, 6.07) is 26.0. The van der Waals surface area contributed by atoms with Crippen molar-refractivity contribution in [2.45, 2.75) is 19.6 Å². The normalized spacial score (nSPS) is 15.8. The van der Waals surface area contributed by atoms with Gasteiger partial charge in [0, 0.05) is 5.56 Å². The summed E-state index contributed by atoms with van der Waals surface area (Å²) in [5.41, 5.74) is 2.47. The van der Waals surface area contributed by atoms with E-state index < -0.39 is 17.7 Å². The number of rotatable bonds is 10. The summed E-state index contributed by atoms with van der Waals surface area (Å²) in [6.07, 6.45) is 0. The van der Waals surface area contributed by atoms with Gasteiger partial charge in [0.25, 0.3) is 5.78 Å². The lowest BCUT2D eigenvalue weighted by Gasteiger charge is -2.24. The zero-order valence-corrected chi connectivity index (χ0v) is 25.7. The SMILES string of the molecule is CCOc1cc(C2C(=C(O)c3ccc(OC)cc3)C(=O)C(=O)N2c2nc3ccc(OC)cc3s2)ccc1OCc1ccccc1. The first-order valence-electron chi connectivity index (χ1n) is 14.2. The Labute approximate surface area is 263 Å². The van der Waals surface area contributed by atoms with Crippen molar-refractivity contribution >= 4 is 44.1 Å². The second kappa shape index (κ2) is 12.7. The van der Waals surface area contributed by atoms with E-state index in [1.54, 1.807) is 61.7 Å². The number of carbonyl (C=O) groups excluding carboxylic acids is 2. The summed E-state index contributed by atoms with van der Waals surface area (Å²) in [5, 5.41) is 11.9. The van der Waals surface area contributed by atoms with Crippen molar-refractivity contribution < 1.29 is 33.6 Å². The Hall–Kier alpha value is -5.35. The zero-order valence-electron chi connectivity index (χ0n) is 24.9. The summed E-state index contributed by atoms with van der Waals surface area (Å²) in [7, 11) is 3.11. The fourth-order valence-electron chi connectivity index (χ4n) is 5.19. The first kappa shape index (κ1) is 29.7. The van der Waals surface area contributed by atoms with Crippen LogP contribution < -0.4 is 23.8 Å². The highest BCUT2D eigenvalue weighted by atomic mass is 32.1. The van der Waals surface area contributed by atoms with Crippen LogP contribution in [-0.4, -0.2) is 42.6 Å². The maximum atomic E-state index is 13.8. The molecule has 1 N–H and O–H groups in total. The third-order valence-corrected chi connectivity index (χ3v) is 8.44. The maximum absolute atomic E-state index is 13.8. The van der Waals surface area contributed by atoms with E-state index in [4.69, 9.17) is 23.9 Å². The molecule has 5 aromatic rings. The molecule has 4 aromatic carbocycles. The molecule has 1 aliphatic rings. The molecule has 45 heavy (non-hydrogen) atoms.